The van der Waals surface area contributed by atoms with E-state index in [0.29, 0.717) is 12.4 Å². The fourth-order valence-corrected chi connectivity index (χ4v) is 4.86. The SMILES string of the molecule is Cc1ccc(-n2nc(C(C)(C)C)cc2NC(=O)CN(Cc2ccccc2)C(=O)C2CC2c2ccccc2)cc1. The number of nitrogens with zero attached hydrogens (tertiary/aromatic N) is 3. The quantitative estimate of drug-likeness (QED) is 0.299. The van der Waals surface area contributed by atoms with E-state index in [0.717, 1.165) is 28.9 Å². The zero-order valence-electron chi connectivity index (χ0n) is 23.1. The second kappa shape index (κ2) is 10.9. The van der Waals surface area contributed by atoms with Crippen molar-refractivity contribution in [2.75, 3.05) is 11.9 Å². The van der Waals surface area contributed by atoms with Gasteiger partial charge in [-0.3, -0.25) is 9.59 Å². The number of benzene rings is 3. The van der Waals surface area contributed by atoms with Crippen LogP contribution in [0.2, 0.25) is 0 Å². The van der Waals surface area contributed by atoms with E-state index >= 15 is 0 Å². The molecule has 39 heavy (non-hydrogen) atoms. The van der Waals surface area contributed by atoms with Crippen LogP contribution in [0.3, 0.4) is 0 Å². The van der Waals surface area contributed by atoms with Crippen molar-refractivity contribution >= 4 is 17.6 Å². The van der Waals surface area contributed by atoms with Crippen LogP contribution in [0.25, 0.3) is 5.69 Å². The minimum Gasteiger partial charge on any atom is -0.329 e. The predicted molar refractivity (Wildman–Crippen MR) is 155 cm³/mol. The van der Waals surface area contributed by atoms with Crippen molar-refractivity contribution in [2.24, 2.45) is 5.92 Å². The molecule has 0 spiro atoms. The highest BCUT2D eigenvalue weighted by molar-refractivity contribution is 5.95. The minimum absolute atomic E-state index is 0.0188. The van der Waals surface area contributed by atoms with E-state index in [1.165, 1.54) is 5.56 Å². The van der Waals surface area contributed by atoms with Crippen LogP contribution in [0, 0.1) is 12.8 Å². The summed E-state index contributed by atoms with van der Waals surface area (Å²) in [6.07, 6.45) is 0.810. The van der Waals surface area contributed by atoms with Gasteiger partial charge in [-0.05, 0) is 42.5 Å². The normalized spacial score (nSPS) is 16.5. The number of nitrogens with one attached hydrogen (secondary N) is 1. The molecular formula is C33H36N4O2. The predicted octanol–water partition coefficient (Wildman–Crippen LogP) is 6.25. The molecule has 1 aromatic heterocycles. The van der Waals surface area contributed by atoms with Crippen molar-refractivity contribution in [3.8, 4) is 5.69 Å². The monoisotopic (exact) mass is 520 g/mol. The third kappa shape index (κ3) is 6.28. The van der Waals surface area contributed by atoms with Gasteiger partial charge in [-0.2, -0.15) is 5.10 Å². The number of carbonyl (C=O) groups excluding carboxylic acids is 2. The van der Waals surface area contributed by atoms with Crippen molar-refractivity contribution in [3.63, 3.8) is 0 Å². The maximum Gasteiger partial charge on any atom is 0.245 e. The largest absolute Gasteiger partial charge is 0.329 e. The molecule has 6 heteroatoms. The third-order valence-corrected chi connectivity index (χ3v) is 7.22. The van der Waals surface area contributed by atoms with E-state index in [2.05, 4.69) is 38.2 Å². The first-order valence-electron chi connectivity index (χ1n) is 13.5. The van der Waals surface area contributed by atoms with Crippen molar-refractivity contribution in [1.29, 1.82) is 0 Å². The number of hydrogen-bond acceptors (Lipinski definition) is 3. The van der Waals surface area contributed by atoms with E-state index in [-0.39, 0.29) is 35.6 Å². The van der Waals surface area contributed by atoms with Gasteiger partial charge in [0.05, 0.1) is 11.4 Å². The van der Waals surface area contributed by atoms with Crippen LogP contribution in [0.15, 0.2) is 91.0 Å². The van der Waals surface area contributed by atoms with Crippen LogP contribution in [0.5, 0.6) is 0 Å². The Bertz CT molecular complexity index is 1440. The Morgan fingerprint density at radius 1 is 0.949 bits per heavy atom. The van der Waals surface area contributed by atoms with Gasteiger partial charge in [0, 0.05) is 23.9 Å². The van der Waals surface area contributed by atoms with Crippen molar-refractivity contribution in [1.82, 2.24) is 14.7 Å². The molecule has 1 aliphatic rings. The van der Waals surface area contributed by atoms with Gasteiger partial charge in [0.1, 0.15) is 12.4 Å². The average molecular weight is 521 g/mol. The first-order valence-corrected chi connectivity index (χ1v) is 13.5. The Morgan fingerprint density at radius 2 is 1.59 bits per heavy atom. The van der Waals surface area contributed by atoms with E-state index in [1.807, 2.05) is 85.8 Å². The van der Waals surface area contributed by atoms with Gasteiger partial charge in [-0.25, -0.2) is 4.68 Å². The van der Waals surface area contributed by atoms with Crippen molar-refractivity contribution in [3.05, 3.63) is 113 Å². The molecular weight excluding hydrogens is 484 g/mol. The molecule has 200 valence electrons. The lowest BCUT2D eigenvalue weighted by Gasteiger charge is -2.23. The molecule has 2 amide bonds. The van der Waals surface area contributed by atoms with Gasteiger partial charge in [0.25, 0.3) is 0 Å². The summed E-state index contributed by atoms with van der Waals surface area (Å²) in [5, 5.41) is 7.88. The van der Waals surface area contributed by atoms with Gasteiger partial charge in [-0.15, -0.1) is 0 Å². The third-order valence-electron chi connectivity index (χ3n) is 7.22. The summed E-state index contributed by atoms with van der Waals surface area (Å²) in [6.45, 7) is 8.68. The Morgan fingerprint density at radius 3 is 2.23 bits per heavy atom. The lowest BCUT2D eigenvalue weighted by atomic mass is 9.92. The van der Waals surface area contributed by atoms with Crippen molar-refractivity contribution in [2.45, 2.75) is 52.0 Å². The number of carbonyl (C=O) groups is 2. The Hall–Kier alpha value is -4.19. The number of anilines is 1. The molecule has 1 aliphatic carbocycles. The zero-order chi connectivity index (χ0) is 27.6. The highest BCUT2D eigenvalue weighted by Gasteiger charge is 2.46. The minimum atomic E-state index is -0.245. The topological polar surface area (TPSA) is 67.2 Å². The zero-order valence-corrected chi connectivity index (χ0v) is 23.1. The molecule has 2 atom stereocenters. The molecule has 3 aromatic carbocycles. The molecule has 1 heterocycles. The molecule has 1 saturated carbocycles. The van der Waals surface area contributed by atoms with Crippen LogP contribution in [-0.4, -0.2) is 33.0 Å². The Balaban J connectivity index is 1.37. The molecule has 5 rings (SSSR count). The number of amides is 2. The van der Waals surface area contributed by atoms with E-state index in [9.17, 15) is 9.59 Å². The molecule has 6 nitrogen and oxygen atoms in total. The fourth-order valence-electron chi connectivity index (χ4n) is 4.86. The molecule has 2 unspecified atom stereocenters. The lowest BCUT2D eigenvalue weighted by Crippen LogP contribution is -2.39. The van der Waals surface area contributed by atoms with Crippen LogP contribution < -0.4 is 5.32 Å². The first-order chi connectivity index (χ1) is 18.7. The Labute approximate surface area is 230 Å². The molecule has 0 saturated heterocycles. The average Bonchev–Trinajstić information content (AvgIpc) is 3.61. The number of aromatic nitrogens is 2. The molecule has 4 aromatic rings. The summed E-state index contributed by atoms with van der Waals surface area (Å²) in [4.78, 5) is 28.8. The van der Waals surface area contributed by atoms with Gasteiger partial charge in [0.15, 0.2) is 0 Å². The van der Waals surface area contributed by atoms with Crippen molar-refractivity contribution < 1.29 is 9.59 Å². The Kier molecular flexibility index (Phi) is 7.38. The number of hydrogen-bond donors (Lipinski definition) is 1. The summed E-state index contributed by atoms with van der Waals surface area (Å²) >= 11 is 0. The second-order valence-electron chi connectivity index (χ2n) is 11.5. The summed E-state index contributed by atoms with van der Waals surface area (Å²) in [6, 6.07) is 29.9. The highest BCUT2D eigenvalue weighted by atomic mass is 16.2. The maximum absolute atomic E-state index is 13.7. The number of aryl methyl sites for hydroxylation is 1. The lowest BCUT2D eigenvalue weighted by molar-refractivity contribution is -0.136. The standard InChI is InChI=1S/C33H36N4O2/c1-23-15-17-26(18-16-23)37-30(20-29(35-37)33(2,3)4)34-31(38)22-36(21-24-11-7-5-8-12-24)32(39)28-19-27(28)25-13-9-6-10-14-25/h5-18,20,27-28H,19,21-22H2,1-4H3,(H,34,38). The maximum atomic E-state index is 13.7. The van der Waals surface area contributed by atoms with Gasteiger partial charge >= 0.3 is 0 Å². The summed E-state index contributed by atoms with van der Waals surface area (Å²) in [7, 11) is 0. The molecule has 1 fully saturated rings. The smallest absolute Gasteiger partial charge is 0.245 e. The van der Waals surface area contributed by atoms with Crippen LogP contribution >= 0.6 is 0 Å². The molecule has 0 radical (unpaired) electrons. The van der Waals surface area contributed by atoms with Crippen LogP contribution in [-0.2, 0) is 21.5 Å². The summed E-state index contributed by atoms with van der Waals surface area (Å²) in [5.74, 6) is 0.469. The van der Waals surface area contributed by atoms with Gasteiger partial charge in [-0.1, -0.05) is 99.1 Å². The molecule has 0 aliphatic heterocycles. The summed E-state index contributed by atoms with van der Waals surface area (Å²) in [5.41, 5.74) is 4.87. The first kappa shape index (κ1) is 26.4. The van der Waals surface area contributed by atoms with E-state index in [4.69, 9.17) is 5.10 Å². The summed E-state index contributed by atoms with van der Waals surface area (Å²) < 4.78 is 1.77. The van der Waals surface area contributed by atoms with Gasteiger partial charge < -0.3 is 10.2 Å². The number of rotatable bonds is 8. The highest BCUT2D eigenvalue weighted by Crippen LogP contribution is 2.48. The van der Waals surface area contributed by atoms with E-state index in [1.54, 1.807) is 9.58 Å². The molecule has 1 N–H and O–H groups in total. The van der Waals surface area contributed by atoms with Gasteiger partial charge in [0.2, 0.25) is 11.8 Å². The van der Waals surface area contributed by atoms with Crippen LogP contribution in [0.1, 0.15) is 55.5 Å². The fraction of sp³-hybridized carbons (Fsp3) is 0.303. The second-order valence-corrected chi connectivity index (χ2v) is 11.5. The van der Waals surface area contributed by atoms with Crippen LogP contribution in [0.4, 0.5) is 5.82 Å². The van der Waals surface area contributed by atoms with E-state index < -0.39 is 0 Å². The molecule has 0 bridgehead atoms.